The van der Waals surface area contributed by atoms with E-state index in [0.717, 1.165) is 23.7 Å². The van der Waals surface area contributed by atoms with Crippen molar-refractivity contribution in [2.75, 3.05) is 0 Å². The Morgan fingerprint density at radius 1 is 0.867 bits per heavy atom. The van der Waals surface area contributed by atoms with E-state index in [2.05, 4.69) is 81.9 Å². The lowest BCUT2D eigenvalue weighted by Gasteiger charge is -2.29. The topological polar surface area (TPSA) is 25.8 Å². The molecule has 0 spiro atoms. The lowest BCUT2D eigenvalue weighted by Crippen LogP contribution is -2.16. The SMILES string of the molecule is CC.CC(C)(C)C1=CCC(CCc2ccc(-c3ncc(C(C)(C)C)cn3)cc2)CC1. The van der Waals surface area contributed by atoms with Gasteiger partial charge in [-0.15, -0.1) is 0 Å². The summed E-state index contributed by atoms with van der Waals surface area (Å²) in [6.45, 7) is 17.6. The molecule has 3 rings (SSSR count). The number of hydrogen-bond acceptors (Lipinski definition) is 2. The summed E-state index contributed by atoms with van der Waals surface area (Å²) in [6, 6.07) is 8.82. The fourth-order valence-corrected chi connectivity index (χ4v) is 3.89. The molecule has 1 unspecified atom stereocenters. The van der Waals surface area contributed by atoms with Crippen LogP contribution in [0, 0.1) is 11.3 Å². The van der Waals surface area contributed by atoms with Crippen LogP contribution in [0.1, 0.15) is 92.2 Å². The second-order valence-corrected chi connectivity index (χ2v) is 10.4. The number of aromatic nitrogens is 2. The molecule has 1 aliphatic carbocycles. The highest BCUT2D eigenvalue weighted by atomic mass is 14.9. The minimum Gasteiger partial charge on any atom is -0.236 e. The Kier molecular flexibility index (Phi) is 8.41. The molecule has 0 saturated carbocycles. The molecule has 164 valence electrons. The van der Waals surface area contributed by atoms with Crippen molar-refractivity contribution in [3.8, 4) is 11.4 Å². The molecule has 0 radical (unpaired) electrons. The second-order valence-electron chi connectivity index (χ2n) is 10.4. The van der Waals surface area contributed by atoms with Crippen LogP contribution in [0.5, 0.6) is 0 Å². The van der Waals surface area contributed by atoms with Gasteiger partial charge >= 0.3 is 0 Å². The predicted molar refractivity (Wildman–Crippen MR) is 131 cm³/mol. The third-order valence-corrected chi connectivity index (χ3v) is 6.05. The van der Waals surface area contributed by atoms with E-state index in [0.29, 0.717) is 5.41 Å². The van der Waals surface area contributed by atoms with Gasteiger partial charge in [-0.1, -0.05) is 91.3 Å². The van der Waals surface area contributed by atoms with Crippen molar-refractivity contribution in [1.82, 2.24) is 9.97 Å². The summed E-state index contributed by atoms with van der Waals surface area (Å²) in [5.41, 5.74) is 5.76. The highest BCUT2D eigenvalue weighted by Crippen LogP contribution is 2.36. The quantitative estimate of drug-likeness (QED) is 0.478. The van der Waals surface area contributed by atoms with Gasteiger partial charge in [0.2, 0.25) is 0 Å². The third kappa shape index (κ3) is 6.79. The molecule has 2 aromatic rings. The van der Waals surface area contributed by atoms with Crippen LogP contribution < -0.4 is 0 Å². The van der Waals surface area contributed by atoms with E-state index >= 15 is 0 Å². The monoisotopic (exact) mass is 406 g/mol. The summed E-state index contributed by atoms with van der Waals surface area (Å²) in [5.74, 6) is 1.64. The average Bonchev–Trinajstić information content (AvgIpc) is 2.73. The van der Waals surface area contributed by atoms with Crippen LogP contribution in [-0.2, 0) is 11.8 Å². The van der Waals surface area contributed by atoms with Crippen molar-refractivity contribution in [2.24, 2.45) is 11.3 Å². The number of nitrogens with zero attached hydrogens (tertiary/aromatic N) is 2. The van der Waals surface area contributed by atoms with Crippen molar-refractivity contribution in [3.63, 3.8) is 0 Å². The summed E-state index contributed by atoms with van der Waals surface area (Å²) in [4.78, 5) is 9.15. The Bertz CT molecular complexity index is 800. The highest BCUT2D eigenvalue weighted by Gasteiger charge is 2.22. The largest absolute Gasteiger partial charge is 0.236 e. The van der Waals surface area contributed by atoms with E-state index in [1.165, 1.54) is 36.8 Å². The van der Waals surface area contributed by atoms with Crippen LogP contribution in [0.25, 0.3) is 11.4 Å². The van der Waals surface area contributed by atoms with Gasteiger partial charge in [0.1, 0.15) is 0 Å². The van der Waals surface area contributed by atoms with Gasteiger partial charge < -0.3 is 0 Å². The summed E-state index contributed by atoms with van der Waals surface area (Å²) >= 11 is 0. The first-order valence-corrected chi connectivity index (χ1v) is 11.7. The zero-order valence-electron chi connectivity index (χ0n) is 20.5. The van der Waals surface area contributed by atoms with Gasteiger partial charge in [0.05, 0.1) is 0 Å². The molecular formula is C28H42N2. The van der Waals surface area contributed by atoms with Gasteiger partial charge in [-0.25, -0.2) is 9.97 Å². The Balaban J connectivity index is 0.00000155. The second kappa shape index (κ2) is 10.4. The molecule has 2 heteroatoms. The summed E-state index contributed by atoms with van der Waals surface area (Å²) in [6.07, 6.45) is 12.7. The van der Waals surface area contributed by atoms with E-state index in [-0.39, 0.29) is 5.41 Å². The van der Waals surface area contributed by atoms with Crippen LogP contribution in [0.4, 0.5) is 0 Å². The summed E-state index contributed by atoms with van der Waals surface area (Å²) in [7, 11) is 0. The number of hydrogen-bond donors (Lipinski definition) is 0. The average molecular weight is 407 g/mol. The molecule has 0 aliphatic heterocycles. The molecule has 1 aromatic carbocycles. The van der Waals surface area contributed by atoms with E-state index in [4.69, 9.17) is 0 Å². The molecule has 0 fully saturated rings. The first-order chi connectivity index (χ1) is 14.1. The van der Waals surface area contributed by atoms with Gasteiger partial charge in [0.15, 0.2) is 5.82 Å². The lowest BCUT2D eigenvalue weighted by molar-refractivity contribution is 0.388. The van der Waals surface area contributed by atoms with Crippen LogP contribution in [0.3, 0.4) is 0 Å². The van der Waals surface area contributed by atoms with Gasteiger partial charge in [0.25, 0.3) is 0 Å². The standard InChI is InChI=1S/C26H36N2.C2H6/c1-25(2,3)22-15-11-20(12-16-22)8-7-19-9-13-21(14-10-19)24-27-17-23(18-28-24)26(4,5)6;1-2/h9-10,13-15,17-18,20H,7-8,11-12,16H2,1-6H3;1-2H3. The summed E-state index contributed by atoms with van der Waals surface area (Å²) in [5, 5.41) is 0. The first kappa shape index (κ1) is 24.3. The molecule has 0 amide bonds. The molecule has 1 aliphatic rings. The number of aryl methyl sites for hydroxylation is 1. The lowest BCUT2D eigenvalue weighted by atomic mass is 9.76. The molecule has 2 nitrogen and oxygen atoms in total. The van der Waals surface area contributed by atoms with Crippen molar-refractivity contribution < 1.29 is 0 Å². The van der Waals surface area contributed by atoms with Crippen LogP contribution in [-0.4, -0.2) is 9.97 Å². The van der Waals surface area contributed by atoms with E-state index < -0.39 is 0 Å². The Morgan fingerprint density at radius 2 is 1.47 bits per heavy atom. The molecule has 1 aromatic heterocycles. The summed E-state index contributed by atoms with van der Waals surface area (Å²) < 4.78 is 0. The maximum absolute atomic E-state index is 4.57. The maximum atomic E-state index is 4.57. The maximum Gasteiger partial charge on any atom is 0.159 e. The van der Waals surface area contributed by atoms with Crippen LogP contribution >= 0.6 is 0 Å². The van der Waals surface area contributed by atoms with Gasteiger partial charge in [-0.2, -0.15) is 0 Å². The molecule has 1 heterocycles. The fourth-order valence-electron chi connectivity index (χ4n) is 3.89. The normalized spacial score (nSPS) is 17.1. The Morgan fingerprint density at radius 3 is 1.93 bits per heavy atom. The zero-order chi connectivity index (χ0) is 22.4. The smallest absolute Gasteiger partial charge is 0.159 e. The van der Waals surface area contributed by atoms with Crippen molar-refractivity contribution >= 4 is 0 Å². The minimum absolute atomic E-state index is 0.0876. The van der Waals surface area contributed by atoms with Gasteiger partial charge in [-0.05, 0) is 60.0 Å². The Labute approximate surface area is 185 Å². The van der Waals surface area contributed by atoms with Gasteiger partial charge in [0, 0.05) is 18.0 Å². The molecular weight excluding hydrogens is 364 g/mol. The van der Waals surface area contributed by atoms with Crippen LogP contribution in [0.15, 0.2) is 48.3 Å². The molecule has 0 saturated heterocycles. The van der Waals surface area contributed by atoms with Crippen molar-refractivity contribution in [3.05, 3.63) is 59.4 Å². The minimum atomic E-state index is 0.0876. The molecule has 30 heavy (non-hydrogen) atoms. The number of allylic oxidation sites excluding steroid dienone is 2. The zero-order valence-corrected chi connectivity index (χ0v) is 20.5. The number of rotatable bonds is 4. The molecule has 1 atom stereocenters. The molecule has 0 N–H and O–H groups in total. The Hall–Kier alpha value is -1.96. The highest BCUT2D eigenvalue weighted by molar-refractivity contribution is 5.55. The third-order valence-electron chi connectivity index (χ3n) is 6.05. The molecule has 0 bridgehead atoms. The number of benzene rings is 1. The predicted octanol–water partition coefficient (Wildman–Crippen LogP) is 8.17. The van der Waals surface area contributed by atoms with E-state index in [1.807, 2.05) is 26.2 Å². The van der Waals surface area contributed by atoms with E-state index in [1.54, 1.807) is 5.57 Å². The fraction of sp³-hybridized carbons (Fsp3) is 0.571. The van der Waals surface area contributed by atoms with Gasteiger partial charge in [-0.3, -0.25) is 0 Å². The van der Waals surface area contributed by atoms with Crippen LogP contribution in [0.2, 0.25) is 0 Å². The van der Waals surface area contributed by atoms with Crippen molar-refractivity contribution in [1.29, 1.82) is 0 Å². The van der Waals surface area contributed by atoms with Crippen molar-refractivity contribution in [2.45, 2.75) is 92.9 Å². The van der Waals surface area contributed by atoms with E-state index in [9.17, 15) is 0 Å². The first-order valence-electron chi connectivity index (χ1n) is 11.7.